The highest BCUT2D eigenvalue weighted by atomic mass is 35.5. The van der Waals surface area contributed by atoms with Crippen molar-refractivity contribution >= 4 is 29.8 Å². The number of hydrogen-bond donors (Lipinski definition) is 1. The number of hydrogen-bond acceptors (Lipinski definition) is 4. The minimum absolute atomic E-state index is 0.383. The first-order valence-corrected chi connectivity index (χ1v) is 8.71. The van der Waals surface area contributed by atoms with Crippen molar-refractivity contribution in [2.45, 2.75) is 39.3 Å². The van der Waals surface area contributed by atoms with E-state index in [4.69, 9.17) is 11.6 Å². The maximum atomic E-state index is 12.4. The van der Waals surface area contributed by atoms with E-state index in [-0.39, 0.29) is 5.91 Å². The summed E-state index contributed by atoms with van der Waals surface area (Å²) in [6.07, 6.45) is 1.89. The molecule has 0 saturated carbocycles. The summed E-state index contributed by atoms with van der Waals surface area (Å²) in [7, 11) is 0. The molecular weight excluding hydrogens is 354 g/mol. The van der Waals surface area contributed by atoms with Crippen LogP contribution in [0.5, 0.6) is 0 Å². The van der Waals surface area contributed by atoms with Gasteiger partial charge in [0.15, 0.2) is 0 Å². The van der Waals surface area contributed by atoms with Gasteiger partial charge in [-0.25, -0.2) is 9.48 Å². The summed E-state index contributed by atoms with van der Waals surface area (Å²) in [5.41, 5.74) is 1.38. The number of amides is 3. The molecule has 0 aliphatic carbocycles. The second kappa shape index (κ2) is 6.92. The number of nitrogens with one attached hydrogen (secondary N) is 1. The number of rotatable bonds is 5. The van der Waals surface area contributed by atoms with Crippen LogP contribution in [0, 0.1) is 6.92 Å². The van der Waals surface area contributed by atoms with Gasteiger partial charge in [-0.05, 0) is 25.8 Å². The van der Waals surface area contributed by atoms with Crippen molar-refractivity contribution in [3.05, 3.63) is 52.3 Å². The molecule has 1 atom stereocenters. The molecule has 3 rings (SSSR count). The van der Waals surface area contributed by atoms with Gasteiger partial charge in [-0.1, -0.05) is 48.9 Å². The minimum atomic E-state index is -0.926. The van der Waals surface area contributed by atoms with Crippen LogP contribution in [-0.2, 0) is 11.3 Å². The van der Waals surface area contributed by atoms with Crippen LogP contribution in [0.2, 0.25) is 5.15 Å². The van der Waals surface area contributed by atoms with Crippen LogP contribution in [0.1, 0.15) is 37.1 Å². The first kappa shape index (κ1) is 18.1. The lowest BCUT2D eigenvalue weighted by Gasteiger charge is -2.17. The molecule has 2 heterocycles. The van der Waals surface area contributed by atoms with Crippen LogP contribution in [0.3, 0.4) is 0 Å². The molecule has 1 aromatic carbocycles. The van der Waals surface area contributed by atoms with Gasteiger partial charge in [-0.3, -0.25) is 4.79 Å². The number of imide groups is 1. The topological polar surface area (TPSA) is 79.6 Å². The van der Waals surface area contributed by atoms with Crippen LogP contribution in [0.4, 0.5) is 4.79 Å². The first-order valence-electron chi connectivity index (χ1n) is 8.33. The zero-order valence-corrected chi connectivity index (χ0v) is 15.6. The standard InChI is InChI=1S/C18H20ClN5O2/c1-4-18(3)16(25)24(17(26)21-18)20-10-14-12(2)22-23(15(14)19)11-13-8-6-5-7-9-13/h5-10H,4,11H2,1-3H3,(H,21,26)/b20-10+. The molecule has 1 aliphatic heterocycles. The van der Waals surface area contributed by atoms with Crippen LogP contribution in [0.25, 0.3) is 0 Å². The monoisotopic (exact) mass is 373 g/mol. The first-order chi connectivity index (χ1) is 12.4. The Morgan fingerprint density at radius 3 is 2.62 bits per heavy atom. The Labute approximate surface area is 156 Å². The average molecular weight is 374 g/mol. The van der Waals surface area contributed by atoms with Crippen LogP contribution < -0.4 is 5.32 Å². The lowest BCUT2D eigenvalue weighted by atomic mass is 10.00. The number of aromatic nitrogens is 2. The Morgan fingerprint density at radius 2 is 2.00 bits per heavy atom. The van der Waals surface area contributed by atoms with Gasteiger partial charge in [0.05, 0.1) is 24.0 Å². The number of aryl methyl sites for hydroxylation is 1. The van der Waals surface area contributed by atoms with E-state index in [2.05, 4.69) is 15.5 Å². The van der Waals surface area contributed by atoms with Gasteiger partial charge in [-0.15, -0.1) is 5.01 Å². The summed E-state index contributed by atoms with van der Waals surface area (Å²) in [5.74, 6) is -0.383. The molecule has 0 radical (unpaired) electrons. The predicted octanol–water partition coefficient (Wildman–Crippen LogP) is 2.95. The third-order valence-electron chi connectivity index (χ3n) is 4.53. The van der Waals surface area contributed by atoms with Gasteiger partial charge < -0.3 is 5.32 Å². The van der Waals surface area contributed by atoms with Crippen LogP contribution >= 0.6 is 11.6 Å². The third-order valence-corrected chi connectivity index (χ3v) is 4.93. The highest BCUT2D eigenvalue weighted by Gasteiger charge is 2.46. The number of urea groups is 1. The summed E-state index contributed by atoms with van der Waals surface area (Å²) in [5, 5.41) is 12.4. The van der Waals surface area contributed by atoms with Gasteiger partial charge in [0.2, 0.25) is 0 Å². The lowest BCUT2D eigenvalue weighted by molar-refractivity contribution is -0.130. The molecule has 136 valence electrons. The van der Waals surface area contributed by atoms with Gasteiger partial charge in [-0.2, -0.15) is 10.2 Å². The molecule has 7 nitrogen and oxygen atoms in total. The molecule has 2 aromatic rings. The highest BCUT2D eigenvalue weighted by Crippen LogP contribution is 2.23. The predicted molar refractivity (Wildman–Crippen MR) is 99.2 cm³/mol. The number of nitrogens with zero attached hydrogens (tertiary/aromatic N) is 4. The molecule has 3 amide bonds. The van der Waals surface area contributed by atoms with E-state index in [0.717, 1.165) is 10.6 Å². The van der Waals surface area contributed by atoms with Crippen molar-refractivity contribution in [3.8, 4) is 0 Å². The number of carbonyl (C=O) groups excluding carboxylic acids is 2. The summed E-state index contributed by atoms with van der Waals surface area (Å²) < 4.78 is 1.66. The average Bonchev–Trinajstić information content (AvgIpc) is 3.01. The Morgan fingerprint density at radius 1 is 1.31 bits per heavy atom. The Balaban J connectivity index is 1.83. The minimum Gasteiger partial charge on any atom is -0.322 e. The van der Waals surface area contributed by atoms with Gasteiger partial charge in [0.25, 0.3) is 5.91 Å². The van der Waals surface area contributed by atoms with E-state index >= 15 is 0 Å². The van der Waals surface area contributed by atoms with Crippen molar-refractivity contribution in [2.24, 2.45) is 5.10 Å². The SMILES string of the molecule is CCC1(C)NC(=O)N(/N=C/c2c(C)nn(Cc3ccccc3)c2Cl)C1=O. The molecule has 1 aliphatic rings. The van der Waals surface area contributed by atoms with Gasteiger partial charge in [0.1, 0.15) is 10.7 Å². The maximum absolute atomic E-state index is 12.4. The number of benzene rings is 1. The summed E-state index contributed by atoms with van der Waals surface area (Å²) in [4.78, 5) is 24.4. The summed E-state index contributed by atoms with van der Waals surface area (Å²) in [6.45, 7) is 5.83. The van der Waals surface area contributed by atoms with Crippen molar-refractivity contribution in [1.29, 1.82) is 0 Å². The van der Waals surface area contributed by atoms with E-state index in [1.807, 2.05) is 37.3 Å². The van der Waals surface area contributed by atoms with Gasteiger partial charge >= 0.3 is 6.03 Å². The van der Waals surface area contributed by atoms with Crippen molar-refractivity contribution in [1.82, 2.24) is 20.1 Å². The molecule has 1 fully saturated rings. The molecule has 1 unspecified atom stereocenters. The normalized spacial score (nSPS) is 20.2. The third kappa shape index (κ3) is 3.22. The summed E-state index contributed by atoms with van der Waals surface area (Å²) >= 11 is 6.43. The molecule has 0 spiro atoms. The highest BCUT2D eigenvalue weighted by molar-refractivity contribution is 6.32. The van der Waals surface area contributed by atoms with Gasteiger partial charge in [0, 0.05) is 0 Å². The Kier molecular flexibility index (Phi) is 4.82. The van der Waals surface area contributed by atoms with Crippen molar-refractivity contribution < 1.29 is 9.59 Å². The van der Waals surface area contributed by atoms with E-state index < -0.39 is 11.6 Å². The molecule has 0 bridgehead atoms. The molecule has 26 heavy (non-hydrogen) atoms. The molecule has 1 aromatic heterocycles. The van der Waals surface area contributed by atoms with E-state index in [0.29, 0.717) is 29.4 Å². The second-order valence-electron chi connectivity index (χ2n) is 6.41. The molecule has 1 saturated heterocycles. The zero-order valence-electron chi connectivity index (χ0n) is 14.9. The van der Waals surface area contributed by atoms with Crippen molar-refractivity contribution in [2.75, 3.05) is 0 Å². The quantitative estimate of drug-likeness (QED) is 0.646. The maximum Gasteiger partial charge on any atom is 0.346 e. The fourth-order valence-electron chi connectivity index (χ4n) is 2.70. The number of halogens is 1. The van der Waals surface area contributed by atoms with E-state index in [1.54, 1.807) is 18.5 Å². The summed E-state index contributed by atoms with van der Waals surface area (Å²) in [6, 6.07) is 9.27. The molecule has 8 heteroatoms. The number of carbonyl (C=O) groups is 2. The molecular formula is C18H20ClN5O2. The smallest absolute Gasteiger partial charge is 0.322 e. The van der Waals surface area contributed by atoms with Crippen LogP contribution in [-0.4, -0.2) is 38.5 Å². The Bertz CT molecular complexity index is 877. The Hall–Kier alpha value is -2.67. The fraction of sp³-hybridized carbons (Fsp3) is 0.333. The van der Waals surface area contributed by atoms with E-state index in [1.165, 1.54) is 6.21 Å². The van der Waals surface area contributed by atoms with E-state index in [9.17, 15) is 9.59 Å². The lowest BCUT2D eigenvalue weighted by Crippen LogP contribution is -2.42. The number of hydrazone groups is 1. The second-order valence-corrected chi connectivity index (χ2v) is 6.77. The largest absolute Gasteiger partial charge is 0.346 e. The zero-order chi connectivity index (χ0) is 18.9. The fourth-order valence-corrected chi connectivity index (χ4v) is 2.99. The van der Waals surface area contributed by atoms with Crippen molar-refractivity contribution in [3.63, 3.8) is 0 Å². The van der Waals surface area contributed by atoms with Crippen LogP contribution in [0.15, 0.2) is 35.4 Å². The molecule has 1 N–H and O–H groups in total.